The Bertz CT molecular complexity index is 801. The number of rotatable bonds is 6. The molecule has 0 heterocycles. The number of anilines is 2. The number of carbonyl (C=O) groups excluding carboxylic acids is 2. The maximum atomic E-state index is 12.2. The predicted molar refractivity (Wildman–Crippen MR) is 105 cm³/mol. The van der Waals surface area contributed by atoms with Gasteiger partial charge in [-0.2, -0.15) is 0 Å². The Balaban J connectivity index is 1.60. The number of nitrogens with zero attached hydrogens (tertiary/aromatic N) is 1. The minimum atomic E-state index is -1.15. The van der Waals surface area contributed by atoms with Crippen LogP contribution >= 0.6 is 0 Å². The fraction of sp³-hybridized carbons (Fsp3) is 0.333. The molecule has 1 fully saturated rings. The van der Waals surface area contributed by atoms with Gasteiger partial charge in [0.1, 0.15) is 5.60 Å². The quantitative estimate of drug-likeness (QED) is 0.683. The average molecular weight is 367 g/mol. The van der Waals surface area contributed by atoms with E-state index in [4.69, 9.17) is 0 Å². The van der Waals surface area contributed by atoms with E-state index in [1.165, 1.54) is 0 Å². The number of benzene rings is 2. The summed E-state index contributed by atoms with van der Waals surface area (Å²) in [6.45, 7) is 0.00744. The standard InChI is InChI=1S/C21H25N3O3/c1-24(2)18-12-10-17(11-13-18)23-20(26)19(25)22-14-21(27,16-8-9-16)15-6-4-3-5-7-15/h3-7,10-13,16,27H,8-9,14H2,1-2H3,(H,22,25)(H,23,26). The molecule has 0 aliphatic heterocycles. The predicted octanol–water partition coefficient (Wildman–Crippen LogP) is 2.11. The molecule has 1 unspecified atom stereocenters. The van der Waals surface area contributed by atoms with Crippen LogP contribution in [0.25, 0.3) is 0 Å². The molecule has 1 aliphatic rings. The summed E-state index contributed by atoms with van der Waals surface area (Å²) >= 11 is 0. The lowest BCUT2D eigenvalue weighted by atomic mass is 9.88. The van der Waals surface area contributed by atoms with Crippen molar-refractivity contribution in [3.05, 3.63) is 60.2 Å². The van der Waals surface area contributed by atoms with Crippen molar-refractivity contribution in [3.63, 3.8) is 0 Å². The fourth-order valence-electron chi connectivity index (χ4n) is 3.10. The molecule has 2 aromatic rings. The monoisotopic (exact) mass is 367 g/mol. The molecule has 2 amide bonds. The smallest absolute Gasteiger partial charge is 0.313 e. The van der Waals surface area contributed by atoms with Crippen molar-refractivity contribution in [2.24, 2.45) is 5.92 Å². The van der Waals surface area contributed by atoms with E-state index in [0.717, 1.165) is 24.1 Å². The maximum Gasteiger partial charge on any atom is 0.313 e. The third-order valence-corrected chi connectivity index (χ3v) is 4.89. The SMILES string of the molecule is CN(C)c1ccc(NC(=O)C(=O)NCC(O)(c2ccccc2)C2CC2)cc1. The van der Waals surface area contributed by atoms with E-state index in [0.29, 0.717) is 5.69 Å². The van der Waals surface area contributed by atoms with Crippen molar-refractivity contribution < 1.29 is 14.7 Å². The van der Waals surface area contributed by atoms with Crippen molar-refractivity contribution in [1.29, 1.82) is 0 Å². The van der Waals surface area contributed by atoms with E-state index < -0.39 is 17.4 Å². The number of nitrogens with one attached hydrogen (secondary N) is 2. The molecule has 142 valence electrons. The van der Waals surface area contributed by atoms with Crippen LogP contribution in [-0.4, -0.2) is 37.6 Å². The maximum absolute atomic E-state index is 12.2. The summed E-state index contributed by atoms with van der Waals surface area (Å²) < 4.78 is 0. The van der Waals surface area contributed by atoms with Crippen LogP contribution in [0, 0.1) is 5.92 Å². The Morgan fingerprint density at radius 1 is 1.04 bits per heavy atom. The van der Waals surface area contributed by atoms with E-state index in [9.17, 15) is 14.7 Å². The van der Waals surface area contributed by atoms with Crippen molar-refractivity contribution in [3.8, 4) is 0 Å². The summed E-state index contributed by atoms with van der Waals surface area (Å²) in [5.41, 5.74) is 1.15. The number of amides is 2. The van der Waals surface area contributed by atoms with Crippen LogP contribution in [0.2, 0.25) is 0 Å². The molecule has 6 nitrogen and oxygen atoms in total. The first-order chi connectivity index (χ1) is 12.9. The van der Waals surface area contributed by atoms with Gasteiger partial charge in [-0.3, -0.25) is 9.59 Å². The molecule has 0 bridgehead atoms. The zero-order chi connectivity index (χ0) is 19.4. The van der Waals surface area contributed by atoms with Gasteiger partial charge in [-0.05, 0) is 48.6 Å². The van der Waals surface area contributed by atoms with Crippen molar-refractivity contribution >= 4 is 23.2 Å². The molecule has 3 rings (SSSR count). The second-order valence-corrected chi connectivity index (χ2v) is 7.14. The van der Waals surface area contributed by atoms with Gasteiger partial charge in [0, 0.05) is 25.5 Å². The van der Waals surface area contributed by atoms with E-state index >= 15 is 0 Å². The first-order valence-electron chi connectivity index (χ1n) is 9.04. The lowest BCUT2D eigenvalue weighted by Crippen LogP contribution is -2.45. The molecule has 3 N–H and O–H groups in total. The highest BCUT2D eigenvalue weighted by Crippen LogP contribution is 2.45. The van der Waals surface area contributed by atoms with Gasteiger partial charge in [0.2, 0.25) is 0 Å². The minimum absolute atomic E-state index is 0.00744. The summed E-state index contributed by atoms with van der Waals surface area (Å²) in [5.74, 6) is -1.41. The van der Waals surface area contributed by atoms with E-state index in [-0.39, 0.29) is 12.5 Å². The Labute approximate surface area is 159 Å². The molecule has 1 saturated carbocycles. The molecular formula is C21H25N3O3. The third-order valence-electron chi connectivity index (χ3n) is 4.89. The van der Waals surface area contributed by atoms with Crippen LogP contribution in [0.4, 0.5) is 11.4 Å². The van der Waals surface area contributed by atoms with Gasteiger partial charge in [-0.15, -0.1) is 0 Å². The Morgan fingerprint density at radius 2 is 1.67 bits per heavy atom. The van der Waals surface area contributed by atoms with Gasteiger partial charge in [-0.1, -0.05) is 30.3 Å². The second kappa shape index (κ2) is 7.80. The molecule has 1 atom stereocenters. The number of carbonyl (C=O) groups is 2. The van der Waals surface area contributed by atoms with Gasteiger partial charge in [0.25, 0.3) is 0 Å². The Kier molecular flexibility index (Phi) is 5.46. The van der Waals surface area contributed by atoms with Crippen LogP contribution in [0.15, 0.2) is 54.6 Å². The first kappa shape index (κ1) is 18.9. The molecule has 27 heavy (non-hydrogen) atoms. The van der Waals surface area contributed by atoms with E-state index in [1.807, 2.05) is 61.5 Å². The topological polar surface area (TPSA) is 81.7 Å². The first-order valence-corrected chi connectivity index (χ1v) is 9.04. The summed E-state index contributed by atoms with van der Waals surface area (Å²) in [7, 11) is 3.85. The summed E-state index contributed by atoms with van der Waals surface area (Å²) in [4.78, 5) is 26.3. The largest absolute Gasteiger partial charge is 0.383 e. The number of hydrogen-bond donors (Lipinski definition) is 3. The lowest BCUT2D eigenvalue weighted by Gasteiger charge is -2.29. The average Bonchev–Trinajstić information content (AvgIpc) is 3.52. The van der Waals surface area contributed by atoms with Crippen LogP contribution in [0.1, 0.15) is 18.4 Å². The van der Waals surface area contributed by atoms with Gasteiger partial charge in [0.05, 0.1) is 6.54 Å². The molecule has 0 aromatic heterocycles. The molecule has 0 spiro atoms. The van der Waals surface area contributed by atoms with Gasteiger partial charge >= 0.3 is 11.8 Å². The van der Waals surface area contributed by atoms with Crippen molar-refractivity contribution in [2.75, 3.05) is 30.9 Å². The van der Waals surface area contributed by atoms with Crippen LogP contribution in [-0.2, 0) is 15.2 Å². The molecule has 6 heteroatoms. The Hall–Kier alpha value is -2.86. The van der Waals surface area contributed by atoms with Gasteiger partial charge in [-0.25, -0.2) is 0 Å². The molecular weight excluding hydrogens is 342 g/mol. The zero-order valence-corrected chi connectivity index (χ0v) is 15.6. The normalized spacial score (nSPS) is 15.5. The van der Waals surface area contributed by atoms with Crippen LogP contribution in [0.3, 0.4) is 0 Å². The highest BCUT2D eigenvalue weighted by molar-refractivity contribution is 6.39. The van der Waals surface area contributed by atoms with Gasteiger partial charge < -0.3 is 20.6 Å². The molecule has 1 aliphatic carbocycles. The summed E-state index contributed by atoms with van der Waals surface area (Å²) in [6, 6.07) is 16.5. The van der Waals surface area contributed by atoms with Crippen molar-refractivity contribution in [2.45, 2.75) is 18.4 Å². The van der Waals surface area contributed by atoms with Crippen LogP contribution < -0.4 is 15.5 Å². The number of aliphatic hydroxyl groups is 1. The van der Waals surface area contributed by atoms with E-state index in [1.54, 1.807) is 12.1 Å². The lowest BCUT2D eigenvalue weighted by molar-refractivity contribution is -0.137. The highest BCUT2D eigenvalue weighted by Gasteiger charge is 2.45. The second-order valence-electron chi connectivity index (χ2n) is 7.14. The molecule has 0 radical (unpaired) electrons. The zero-order valence-electron chi connectivity index (χ0n) is 15.6. The molecule has 2 aromatic carbocycles. The Morgan fingerprint density at radius 3 is 2.22 bits per heavy atom. The minimum Gasteiger partial charge on any atom is -0.383 e. The fourth-order valence-corrected chi connectivity index (χ4v) is 3.10. The number of hydrogen-bond acceptors (Lipinski definition) is 4. The highest BCUT2D eigenvalue weighted by atomic mass is 16.3. The summed E-state index contributed by atoms with van der Waals surface area (Å²) in [5, 5.41) is 16.2. The summed E-state index contributed by atoms with van der Waals surface area (Å²) in [6.07, 6.45) is 1.82. The van der Waals surface area contributed by atoms with E-state index in [2.05, 4.69) is 10.6 Å². The third kappa shape index (κ3) is 4.46. The van der Waals surface area contributed by atoms with Crippen molar-refractivity contribution in [1.82, 2.24) is 5.32 Å². The molecule has 0 saturated heterocycles. The van der Waals surface area contributed by atoms with Gasteiger partial charge in [0.15, 0.2) is 0 Å². The van der Waals surface area contributed by atoms with Crippen LogP contribution in [0.5, 0.6) is 0 Å².